The summed E-state index contributed by atoms with van der Waals surface area (Å²) in [4.78, 5) is 14.7. The summed E-state index contributed by atoms with van der Waals surface area (Å²) in [5.74, 6) is 0.676. The minimum absolute atomic E-state index is 0.00410. The smallest absolute Gasteiger partial charge is 0.251 e. The Bertz CT molecular complexity index is 511. The van der Waals surface area contributed by atoms with Gasteiger partial charge in [0.25, 0.3) is 5.91 Å². The molecule has 1 N–H and O–H groups in total. The summed E-state index contributed by atoms with van der Waals surface area (Å²) in [6.07, 6.45) is 2.51. The van der Waals surface area contributed by atoms with Crippen LogP contribution in [0.25, 0.3) is 0 Å². The van der Waals surface area contributed by atoms with Crippen molar-refractivity contribution in [2.45, 2.75) is 32.2 Å². The molecule has 1 fully saturated rings. The fourth-order valence-corrected chi connectivity index (χ4v) is 3.18. The van der Waals surface area contributed by atoms with Crippen LogP contribution in [0, 0.1) is 0 Å². The van der Waals surface area contributed by atoms with Gasteiger partial charge in [0, 0.05) is 17.6 Å². The number of nitrogens with zero attached hydrogens (tertiary/aromatic N) is 1. The Morgan fingerprint density at radius 1 is 1.38 bits per heavy atom. The molecular weight excluding hydrogens is 332 g/mol. The summed E-state index contributed by atoms with van der Waals surface area (Å²) in [6.45, 7) is 7.26. The molecule has 1 aliphatic heterocycles. The van der Waals surface area contributed by atoms with Crippen molar-refractivity contribution in [1.82, 2.24) is 10.2 Å². The van der Waals surface area contributed by atoms with Crippen LogP contribution in [-0.2, 0) is 0 Å². The molecule has 0 aromatic heterocycles. The number of benzene rings is 1. The number of likely N-dealkylation sites (tertiary alicyclic amines) is 1. The van der Waals surface area contributed by atoms with Crippen molar-refractivity contribution in [2.24, 2.45) is 0 Å². The molecule has 5 heteroatoms. The van der Waals surface area contributed by atoms with Gasteiger partial charge in [-0.15, -0.1) is 0 Å². The Morgan fingerprint density at radius 3 is 2.62 bits per heavy atom. The van der Waals surface area contributed by atoms with Gasteiger partial charge in [0.2, 0.25) is 0 Å². The van der Waals surface area contributed by atoms with E-state index in [9.17, 15) is 4.79 Å². The van der Waals surface area contributed by atoms with Crippen molar-refractivity contribution < 1.29 is 9.53 Å². The molecule has 1 amide bonds. The quantitative estimate of drug-likeness (QED) is 0.883. The number of hydrogen-bond acceptors (Lipinski definition) is 3. The van der Waals surface area contributed by atoms with Crippen LogP contribution in [0.4, 0.5) is 0 Å². The lowest BCUT2D eigenvalue weighted by Gasteiger charge is -2.35. The molecule has 2 rings (SSSR count). The van der Waals surface area contributed by atoms with Crippen LogP contribution < -0.4 is 10.1 Å². The number of halogens is 1. The van der Waals surface area contributed by atoms with Crippen molar-refractivity contribution in [3.8, 4) is 5.75 Å². The summed E-state index contributed by atoms with van der Waals surface area (Å²) >= 11 is 3.41. The highest BCUT2D eigenvalue weighted by Crippen LogP contribution is 2.25. The fraction of sp³-hybridized carbons (Fsp3) is 0.562. The molecule has 116 valence electrons. The monoisotopic (exact) mass is 354 g/mol. The normalized spacial score (nSPS) is 16.0. The number of nitrogens with one attached hydrogen (secondary N) is 1. The molecule has 0 saturated carbocycles. The molecule has 21 heavy (non-hydrogen) atoms. The van der Waals surface area contributed by atoms with Gasteiger partial charge in [0.15, 0.2) is 0 Å². The van der Waals surface area contributed by atoms with E-state index in [1.54, 1.807) is 25.3 Å². The third-order valence-corrected chi connectivity index (χ3v) is 4.68. The second-order valence-corrected chi connectivity index (χ2v) is 6.89. The molecule has 1 aromatic carbocycles. The highest BCUT2D eigenvalue weighted by molar-refractivity contribution is 9.10. The van der Waals surface area contributed by atoms with Crippen molar-refractivity contribution in [2.75, 3.05) is 26.7 Å². The standard InChI is InChI=1S/C16H23BrN2O2/c1-16(2,19-8-4-5-9-19)11-18-15(20)12-6-7-14(21-3)13(17)10-12/h6-7,10H,4-5,8-9,11H2,1-3H3,(H,18,20). The Balaban J connectivity index is 1.96. The number of methoxy groups -OCH3 is 1. The Hall–Kier alpha value is -1.07. The second-order valence-electron chi connectivity index (χ2n) is 6.04. The number of rotatable bonds is 5. The molecule has 0 spiro atoms. The average molecular weight is 355 g/mol. The molecular formula is C16H23BrN2O2. The summed E-state index contributed by atoms with van der Waals surface area (Å²) in [7, 11) is 1.61. The molecule has 4 nitrogen and oxygen atoms in total. The largest absolute Gasteiger partial charge is 0.496 e. The van der Waals surface area contributed by atoms with Gasteiger partial charge in [-0.1, -0.05) is 0 Å². The van der Waals surface area contributed by atoms with E-state index in [4.69, 9.17) is 4.74 Å². The molecule has 0 atom stereocenters. The lowest BCUT2D eigenvalue weighted by atomic mass is 10.0. The number of amides is 1. The average Bonchev–Trinajstić information content (AvgIpc) is 2.99. The number of hydrogen-bond donors (Lipinski definition) is 1. The van der Waals surface area contributed by atoms with Crippen LogP contribution in [-0.4, -0.2) is 43.1 Å². The van der Waals surface area contributed by atoms with Gasteiger partial charge in [0.1, 0.15) is 5.75 Å². The molecule has 0 aliphatic carbocycles. The van der Waals surface area contributed by atoms with E-state index in [-0.39, 0.29) is 11.4 Å². The zero-order valence-corrected chi connectivity index (χ0v) is 14.5. The van der Waals surface area contributed by atoms with E-state index < -0.39 is 0 Å². The molecule has 1 aliphatic rings. The Kier molecular flexibility index (Phi) is 5.27. The van der Waals surface area contributed by atoms with Crippen LogP contribution in [0.2, 0.25) is 0 Å². The van der Waals surface area contributed by atoms with E-state index in [1.807, 2.05) is 0 Å². The highest BCUT2D eigenvalue weighted by Gasteiger charge is 2.29. The van der Waals surface area contributed by atoms with Gasteiger partial charge in [-0.25, -0.2) is 0 Å². The van der Waals surface area contributed by atoms with E-state index in [2.05, 4.69) is 40.0 Å². The van der Waals surface area contributed by atoms with Crippen molar-refractivity contribution in [3.05, 3.63) is 28.2 Å². The number of ether oxygens (including phenoxy) is 1. The molecule has 1 aromatic rings. The predicted molar refractivity (Wildman–Crippen MR) is 87.9 cm³/mol. The third kappa shape index (κ3) is 3.98. The summed E-state index contributed by atoms with van der Waals surface area (Å²) in [6, 6.07) is 5.36. The first-order valence-corrected chi connectivity index (χ1v) is 8.10. The van der Waals surface area contributed by atoms with Gasteiger partial charge < -0.3 is 10.1 Å². The minimum Gasteiger partial charge on any atom is -0.496 e. The first-order valence-electron chi connectivity index (χ1n) is 7.31. The summed E-state index contributed by atoms with van der Waals surface area (Å²) < 4.78 is 5.96. The van der Waals surface area contributed by atoms with Crippen LogP contribution in [0.1, 0.15) is 37.0 Å². The van der Waals surface area contributed by atoms with Gasteiger partial charge in [0.05, 0.1) is 11.6 Å². The molecule has 0 bridgehead atoms. The molecule has 1 saturated heterocycles. The van der Waals surface area contributed by atoms with Crippen molar-refractivity contribution in [3.63, 3.8) is 0 Å². The SMILES string of the molecule is COc1ccc(C(=O)NCC(C)(C)N2CCCC2)cc1Br. The Labute approximate surface area is 135 Å². The van der Waals surface area contributed by atoms with E-state index in [1.165, 1.54) is 12.8 Å². The first-order chi connectivity index (χ1) is 9.94. The van der Waals surface area contributed by atoms with Gasteiger partial charge in [-0.05, 0) is 73.9 Å². The maximum atomic E-state index is 12.3. The van der Waals surface area contributed by atoms with Crippen molar-refractivity contribution in [1.29, 1.82) is 0 Å². The van der Waals surface area contributed by atoms with E-state index >= 15 is 0 Å². The third-order valence-electron chi connectivity index (χ3n) is 4.06. The zero-order chi connectivity index (χ0) is 15.5. The topological polar surface area (TPSA) is 41.6 Å². The maximum Gasteiger partial charge on any atom is 0.251 e. The fourth-order valence-electron chi connectivity index (χ4n) is 2.64. The van der Waals surface area contributed by atoms with Crippen LogP contribution >= 0.6 is 15.9 Å². The molecule has 0 unspecified atom stereocenters. The van der Waals surface area contributed by atoms with E-state index in [0.29, 0.717) is 12.1 Å². The molecule has 0 radical (unpaired) electrons. The minimum atomic E-state index is -0.0503. The van der Waals surface area contributed by atoms with Crippen LogP contribution in [0.15, 0.2) is 22.7 Å². The predicted octanol–water partition coefficient (Wildman–Crippen LogP) is 3.06. The zero-order valence-electron chi connectivity index (χ0n) is 12.9. The van der Waals surface area contributed by atoms with Gasteiger partial charge in [-0.2, -0.15) is 0 Å². The number of carbonyl (C=O) groups is 1. The lowest BCUT2D eigenvalue weighted by molar-refractivity contribution is 0.0902. The Morgan fingerprint density at radius 2 is 2.05 bits per heavy atom. The second kappa shape index (κ2) is 6.79. The number of carbonyl (C=O) groups excluding carboxylic acids is 1. The van der Waals surface area contributed by atoms with Crippen LogP contribution in [0.5, 0.6) is 5.75 Å². The van der Waals surface area contributed by atoms with Crippen molar-refractivity contribution >= 4 is 21.8 Å². The lowest BCUT2D eigenvalue weighted by Crippen LogP contribution is -2.50. The van der Waals surface area contributed by atoms with Gasteiger partial charge in [-0.3, -0.25) is 9.69 Å². The maximum absolute atomic E-state index is 12.3. The van der Waals surface area contributed by atoms with Gasteiger partial charge >= 0.3 is 0 Å². The molecule has 1 heterocycles. The van der Waals surface area contributed by atoms with Crippen LogP contribution in [0.3, 0.4) is 0 Å². The summed E-state index contributed by atoms with van der Waals surface area (Å²) in [5.41, 5.74) is 0.635. The highest BCUT2D eigenvalue weighted by atomic mass is 79.9. The van der Waals surface area contributed by atoms with E-state index in [0.717, 1.165) is 23.3 Å². The first kappa shape index (κ1) is 16.3. The summed E-state index contributed by atoms with van der Waals surface area (Å²) in [5, 5.41) is 3.04.